The average Bonchev–Trinajstić information content (AvgIpc) is 0. The number of rotatable bonds is 0. The third-order valence-electron chi connectivity index (χ3n) is 0. The Morgan fingerprint density at radius 1 is 0.400 bits per heavy atom. The second-order valence-corrected chi connectivity index (χ2v) is 0. The van der Waals surface area contributed by atoms with Crippen LogP contribution in [0.4, 0.5) is 0 Å². The van der Waals surface area contributed by atoms with E-state index in [1.54, 1.807) is 0 Å². The van der Waals surface area contributed by atoms with Gasteiger partial charge in [0.1, 0.15) is 0 Å². The van der Waals surface area contributed by atoms with Gasteiger partial charge in [0.2, 0.25) is 0 Å². The van der Waals surface area contributed by atoms with Gasteiger partial charge in [-0.25, -0.2) is 0 Å². The van der Waals surface area contributed by atoms with E-state index in [0.717, 1.165) is 0 Å². The van der Waals surface area contributed by atoms with E-state index in [1.165, 1.54) is 0 Å². The van der Waals surface area contributed by atoms with E-state index in [-0.39, 0.29) is 70.7 Å². The Morgan fingerprint density at radius 2 is 0.400 bits per heavy atom. The molecule has 5 heteroatoms. The van der Waals surface area contributed by atoms with Crippen molar-refractivity contribution in [3.05, 3.63) is 0 Å². The van der Waals surface area contributed by atoms with Gasteiger partial charge in [0, 0.05) is 21.1 Å². The number of hydrogen-bond acceptors (Lipinski definition) is 0. The fourth-order valence-corrected chi connectivity index (χ4v) is 0. The summed E-state index contributed by atoms with van der Waals surface area (Å²) < 4.78 is 0. The summed E-state index contributed by atoms with van der Waals surface area (Å²) in [4.78, 5) is 0. The Morgan fingerprint density at radius 3 is 0.400 bits per heavy atom. The largest absolute Gasteiger partial charge is 0.147 e. The molecule has 0 nitrogen and oxygen atoms in total. The van der Waals surface area contributed by atoms with Gasteiger partial charge in [-0.15, -0.1) is 49.6 Å². The zero-order valence-corrected chi connectivity index (χ0v) is 7.31. The molecule has 0 atom stereocenters. The van der Waals surface area contributed by atoms with Gasteiger partial charge in [-0.05, 0) is 0 Å². The van der Waals surface area contributed by atoms with Crippen LogP contribution in [-0.2, 0) is 21.1 Å². The van der Waals surface area contributed by atoms with E-state index < -0.39 is 0 Å². The molecule has 0 aromatic rings. The molecule has 0 aliphatic rings. The van der Waals surface area contributed by atoms with Crippen molar-refractivity contribution in [3.63, 3.8) is 0 Å². The molecule has 0 aromatic carbocycles. The predicted octanol–water partition coefficient (Wildman–Crippen LogP) is 1.68. The van der Waals surface area contributed by atoms with Crippen LogP contribution in [0.3, 0.4) is 0 Å². The molecule has 38 valence electrons. The molecule has 0 heterocycles. The Balaban J connectivity index is 0. The van der Waals surface area contributed by atoms with Crippen LogP contribution < -0.4 is 0 Å². The van der Waals surface area contributed by atoms with E-state index in [0.29, 0.717) is 0 Å². The molecule has 0 rings (SSSR count). The third-order valence-corrected chi connectivity index (χ3v) is 0. The zero-order chi connectivity index (χ0) is 0. The summed E-state index contributed by atoms with van der Waals surface area (Å²) >= 11 is 0. The van der Waals surface area contributed by atoms with Crippen molar-refractivity contribution < 1.29 is 21.1 Å². The molecule has 0 radical (unpaired) electrons. The quantitative estimate of drug-likeness (QED) is 0.567. The maximum Gasteiger partial charge on any atom is 0 e. The van der Waals surface area contributed by atoms with Gasteiger partial charge in [-0.3, -0.25) is 0 Å². The molecule has 0 saturated heterocycles. The Bertz CT molecular complexity index is 3.61. The van der Waals surface area contributed by atoms with Gasteiger partial charge in [0.25, 0.3) is 0 Å². The van der Waals surface area contributed by atoms with Crippen LogP contribution in [0.25, 0.3) is 0 Å². The predicted molar refractivity (Wildman–Crippen MR) is 29.0 cm³/mol. The maximum atomic E-state index is 0. The first-order valence-corrected chi connectivity index (χ1v) is 0. The van der Waals surface area contributed by atoms with E-state index >= 15 is 0 Å². The summed E-state index contributed by atoms with van der Waals surface area (Å²) in [6.45, 7) is 0. The first kappa shape index (κ1) is 68.6. The van der Waals surface area contributed by atoms with Crippen molar-refractivity contribution in [1.82, 2.24) is 0 Å². The van der Waals surface area contributed by atoms with Crippen LogP contribution in [0.5, 0.6) is 0 Å². The van der Waals surface area contributed by atoms with Crippen molar-refractivity contribution in [2.75, 3.05) is 0 Å². The van der Waals surface area contributed by atoms with E-state index in [1.807, 2.05) is 0 Å². The van der Waals surface area contributed by atoms with Crippen LogP contribution in [0, 0.1) is 0 Å². The summed E-state index contributed by atoms with van der Waals surface area (Å²) in [5.74, 6) is 0. The van der Waals surface area contributed by atoms with Crippen LogP contribution in [0.1, 0.15) is 0 Å². The molecule has 0 fully saturated rings. The van der Waals surface area contributed by atoms with Crippen LogP contribution in [-0.4, -0.2) is 0 Å². The second-order valence-electron chi connectivity index (χ2n) is 0. The number of halogens is 4. The molecule has 0 unspecified atom stereocenters. The third kappa shape index (κ3) is 25.4. The summed E-state index contributed by atoms with van der Waals surface area (Å²) in [6.07, 6.45) is 0. The van der Waals surface area contributed by atoms with Gasteiger partial charge < -0.3 is 0 Å². The van der Waals surface area contributed by atoms with Crippen LogP contribution >= 0.6 is 49.6 Å². The van der Waals surface area contributed by atoms with Gasteiger partial charge in [-0.1, -0.05) is 0 Å². The van der Waals surface area contributed by atoms with E-state index in [4.69, 9.17) is 0 Å². The van der Waals surface area contributed by atoms with Crippen LogP contribution in [0.15, 0.2) is 0 Å². The van der Waals surface area contributed by atoms with Crippen LogP contribution in [0.2, 0.25) is 0 Å². The summed E-state index contributed by atoms with van der Waals surface area (Å²) in [5.41, 5.74) is 0. The minimum atomic E-state index is 0. The number of hydrogen-bond donors (Lipinski definition) is 0. The topological polar surface area (TPSA) is 0 Å². The van der Waals surface area contributed by atoms with Crippen molar-refractivity contribution in [2.45, 2.75) is 0 Å². The average molecular weight is 242 g/mol. The molecule has 0 bridgehead atoms. The maximum absolute atomic E-state index is 0. The zero-order valence-electron chi connectivity index (χ0n) is 2.04. The Labute approximate surface area is 70.4 Å². The second kappa shape index (κ2) is 40.2. The first-order valence-electron chi connectivity index (χ1n) is 0. The molecular formula is H4Cl4Mo. The summed E-state index contributed by atoms with van der Waals surface area (Å²) in [7, 11) is 0. The van der Waals surface area contributed by atoms with Crippen molar-refractivity contribution >= 4 is 49.6 Å². The molecule has 0 saturated carbocycles. The molecule has 0 aliphatic heterocycles. The Hall–Kier alpha value is 1.85. The Kier molecular flexibility index (Phi) is 552. The fourth-order valence-electron chi connectivity index (χ4n) is 0. The van der Waals surface area contributed by atoms with Gasteiger partial charge in [0.05, 0.1) is 0 Å². The normalized spacial score (nSPS) is 0. The SMILES string of the molecule is Cl.Cl.Cl.Cl.[Mo]. The molecule has 5 heavy (non-hydrogen) atoms. The summed E-state index contributed by atoms with van der Waals surface area (Å²) in [6, 6.07) is 0. The smallest absolute Gasteiger partial charge is 0 e. The fraction of sp³-hybridized carbons (Fsp3) is 0. The molecule has 0 aromatic heterocycles. The summed E-state index contributed by atoms with van der Waals surface area (Å²) in [5, 5.41) is 0. The minimum Gasteiger partial charge on any atom is -0.147 e. The minimum absolute atomic E-state index is 0. The van der Waals surface area contributed by atoms with Gasteiger partial charge in [0.15, 0.2) is 0 Å². The standard InChI is InChI=1S/4ClH.Mo/h4*1H;. The molecule has 0 aliphatic carbocycles. The van der Waals surface area contributed by atoms with E-state index in [2.05, 4.69) is 0 Å². The molecular weight excluding hydrogens is 238 g/mol. The van der Waals surface area contributed by atoms with Gasteiger partial charge in [-0.2, -0.15) is 0 Å². The monoisotopic (exact) mass is 242 g/mol. The van der Waals surface area contributed by atoms with E-state index in [9.17, 15) is 0 Å². The molecule has 0 N–H and O–H groups in total. The van der Waals surface area contributed by atoms with Crippen molar-refractivity contribution in [1.29, 1.82) is 0 Å². The molecule has 0 spiro atoms. The van der Waals surface area contributed by atoms with Gasteiger partial charge >= 0.3 is 0 Å². The molecule has 0 amide bonds. The first-order chi connectivity index (χ1) is 0. The van der Waals surface area contributed by atoms with Crippen molar-refractivity contribution in [3.8, 4) is 0 Å². The van der Waals surface area contributed by atoms with Crippen molar-refractivity contribution in [2.24, 2.45) is 0 Å².